The van der Waals surface area contributed by atoms with E-state index in [4.69, 9.17) is 36.4 Å². The average Bonchev–Trinajstić information content (AvgIpc) is 1.54. The van der Waals surface area contributed by atoms with Crippen LogP contribution in [0.15, 0.2) is 0 Å². The summed E-state index contributed by atoms with van der Waals surface area (Å²) in [4.78, 5) is 0. The molecular weight excluding hydrogens is 478 g/mol. The third kappa shape index (κ3) is 332. The van der Waals surface area contributed by atoms with E-state index in [0.29, 0.717) is 0 Å². The van der Waals surface area contributed by atoms with Crippen molar-refractivity contribution in [3.8, 4) is 0 Å². The Balaban J connectivity index is -0.0000000270. The predicted octanol–water partition coefficient (Wildman–Crippen LogP) is -7.50. The van der Waals surface area contributed by atoms with Gasteiger partial charge >= 0.3 is 146 Å². The van der Waals surface area contributed by atoms with Crippen LogP contribution in [-0.2, 0) is 121 Å². The molecule has 0 heterocycles. The molecule has 0 saturated carbocycles. The van der Waals surface area contributed by atoms with Gasteiger partial charge in [-0.15, -0.1) is 0 Å². The van der Waals surface area contributed by atoms with Crippen LogP contribution in [0.5, 0.6) is 0 Å². The third-order valence-corrected chi connectivity index (χ3v) is 0. The van der Waals surface area contributed by atoms with Crippen LogP contribution in [0.4, 0.5) is 0 Å². The van der Waals surface area contributed by atoms with Gasteiger partial charge in [-0.3, -0.25) is 0 Å². The van der Waals surface area contributed by atoms with Gasteiger partial charge in [0.2, 0.25) is 0 Å². The van der Waals surface area contributed by atoms with Crippen LogP contribution in [0.25, 0.3) is 0 Å². The smallest absolute Gasteiger partial charge is 3.00 e. The zero-order valence-corrected chi connectivity index (χ0v) is 15.6. The fourth-order valence-electron chi connectivity index (χ4n) is 0. The standard InChI is InChI=1S/3Cr.9O.2Y/q;;;;;;6*-1;2*+3. The molecule has 0 aliphatic carbocycles. The number of hydrogen-bond donors (Lipinski definition) is 0. The Morgan fingerprint density at radius 2 is 0.500 bits per heavy atom. The van der Waals surface area contributed by atoms with E-state index >= 15 is 0 Å². The van der Waals surface area contributed by atoms with Crippen molar-refractivity contribution in [1.29, 1.82) is 0 Å². The second-order valence-corrected chi connectivity index (χ2v) is 2.52. The maximum Gasteiger partial charge on any atom is 3.00 e. The number of rotatable bonds is 0. The van der Waals surface area contributed by atoms with E-state index in [2.05, 4.69) is 0 Å². The minimum absolute atomic E-state index is 0. The quantitative estimate of drug-likeness (QED) is 0.326. The zero-order chi connectivity index (χ0) is 10.7. The van der Waals surface area contributed by atoms with Gasteiger partial charge in [0.05, 0.1) is 0 Å². The molecule has 0 aromatic heterocycles. The van der Waals surface area contributed by atoms with Gasteiger partial charge in [-0.25, -0.2) is 0 Å². The Bertz CT molecular complexity index is 116. The first-order valence-corrected chi connectivity index (χ1v) is 6.18. The molecule has 14 heteroatoms. The van der Waals surface area contributed by atoms with Crippen molar-refractivity contribution in [2.45, 2.75) is 0 Å². The molecule has 0 radical (unpaired) electrons. The van der Waals surface area contributed by atoms with E-state index in [0.717, 1.165) is 0 Å². The van der Waals surface area contributed by atoms with Gasteiger partial charge < -0.3 is 0 Å². The van der Waals surface area contributed by atoms with E-state index in [1.54, 1.807) is 0 Å². The molecule has 9 nitrogen and oxygen atoms in total. The van der Waals surface area contributed by atoms with Crippen molar-refractivity contribution in [3.05, 3.63) is 0 Å². The van der Waals surface area contributed by atoms with Crippen molar-refractivity contribution in [1.82, 2.24) is 0 Å². The first-order valence-electron chi connectivity index (χ1n) is 1.50. The van der Waals surface area contributed by atoms with E-state index in [9.17, 15) is 0 Å². The SMILES string of the molecule is [O]=[Cr]([O-])[O-].[O]=[Cr]([O-])[O-].[O]=[Cr]([O-])[O-].[Y+3].[Y+3]. The van der Waals surface area contributed by atoms with E-state index in [1.807, 2.05) is 0 Å². The summed E-state index contributed by atoms with van der Waals surface area (Å²) in [5.74, 6) is 0. The van der Waals surface area contributed by atoms with Crippen molar-refractivity contribution < 1.29 is 146 Å². The molecule has 0 aromatic carbocycles. The summed E-state index contributed by atoms with van der Waals surface area (Å²) in [6, 6.07) is 0. The summed E-state index contributed by atoms with van der Waals surface area (Å²) < 4.78 is 76.9. The van der Waals surface area contributed by atoms with Crippen molar-refractivity contribution in [3.63, 3.8) is 0 Å². The maximum absolute atomic E-state index is 8.54. The van der Waals surface area contributed by atoms with Crippen LogP contribution in [0.1, 0.15) is 0 Å². The molecule has 0 rings (SSSR count). The van der Waals surface area contributed by atoms with Gasteiger partial charge in [-0.05, 0) is 0 Å². The van der Waals surface area contributed by atoms with Crippen LogP contribution >= 0.6 is 0 Å². The van der Waals surface area contributed by atoms with Crippen molar-refractivity contribution in [2.24, 2.45) is 0 Å². The van der Waals surface area contributed by atoms with Crippen molar-refractivity contribution >= 4 is 0 Å². The van der Waals surface area contributed by atoms with Gasteiger partial charge in [-0.1, -0.05) is 0 Å². The second-order valence-electron chi connectivity index (χ2n) is 0.612. The van der Waals surface area contributed by atoms with Crippen molar-refractivity contribution in [2.75, 3.05) is 0 Å². The normalized spacial score (nSPS) is 7.50. The molecular formula is Cr3O9Y2. The van der Waals surface area contributed by atoms with Crippen LogP contribution in [-0.4, -0.2) is 0 Å². The fourth-order valence-corrected chi connectivity index (χ4v) is 0. The summed E-state index contributed by atoms with van der Waals surface area (Å²) in [6.45, 7) is 0. The number of hydrogen-bond acceptors (Lipinski definition) is 9. The van der Waals surface area contributed by atoms with Gasteiger partial charge in [0.1, 0.15) is 0 Å². The molecule has 14 heavy (non-hydrogen) atoms. The Morgan fingerprint density at radius 1 is 0.500 bits per heavy atom. The molecule has 0 unspecified atom stereocenters. The Hall–Kier alpha value is 2.97. The molecule has 0 aliphatic rings. The molecule has 78 valence electrons. The van der Waals surface area contributed by atoms with Crippen LogP contribution in [0, 0.1) is 0 Å². The molecule has 0 saturated heterocycles. The Labute approximate surface area is 143 Å². The first-order chi connectivity index (χ1) is 5.20. The molecule has 0 bridgehead atoms. The second kappa shape index (κ2) is 25.0. The molecule has 0 amide bonds. The van der Waals surface area contributed by atoms with Crippen LogP contribution < -0.4 is 24.9 Å². The maximum atomic E-state index is 8.54. The summed E-state index contributed by atoms with van der Waals surface area (Å²) in [6.07, 6.45) is 0. The summed E-state index contributed by atoms with van der Waals surface area (Å²) in [5.41, 5.74) is 0. The van der Waals surface area contributed by atoms with Gasteiger partial charge in [0.15, 0.2) is 0 Å². The topological polar surface area (TPSA) is 190 Å². The van der Waals surface area contributed by atoms with E-state index < -0.39 is 44.3 Å². The minimum atomic E-state index is -3.79. The van der Waals surface area contributed by atoms with Gasteiger partial charge in [0.25, 0.3) is 0 Å². The first kappa shape index (κ1) is 30.2. The minimum Gasteiger partial charge on any atom is 3.00 e. The molecule has 0 atom stereocenters. The Kier molecular flexibility index (Phi) is 53.9. The predicted molar refractivity (Wildman–Crippen MR) is 2.06 cm³/mol. The monoisotopic (exact) mass is 478 g/mol. The van der Waals surface area contributed by atoms with Crippen LogP contribution in [0.3, 0.4) is 0 Å². The third-order valence-electron chi connectivity index (χ3n) is 0. The summed E-state index contributed by atoms with van der Waals surface area (Å²) in [7, 11) is 0. The van der Waals surface area contributed by atoms with E-state index in [-0.39, 0.29) is 65.4 Å². The molecule has 0 aliphatic heterocycles. The molecule has 0 spiro atoms. The molecule has 0 aromatic rings. The van der Waals surface area contributed by atoms with Crippen LogP contribution in [0.2, 0.25) is 0 Å². The summed E-state index contributed by atoms with van der Waals surface area (Å²) in [5, 5.41) is 0. The van der Waals surface area contributed by atoms with Gasteiger partial charge in [0, 0.05) is 0 Å². The molecule has 0 N–H and O–H groups in total. The average molecular weight is 478 g/mol. The Morgan fingerprint density at radius 3 is 0.500 bits per heavy atom. The fraction of sp³-hybridized carbons (Fsp3) is 0. The molecule has 0 fully saturated rings. The summed E-state index contributed by atoms with van der Waals surface area (Å²) >= 11 is -11.4. The van der Waals surface area contributed by atoms with Gasteiger partial charge in [-0.2, -0.15) is 0 Å². The largest absolute Gasteiger partial charge is 3.00 e. The van der Waals surface area contributed by atoms with E-state index in [1.165, 1.54) is 0 Å². The zero-order valence-electron chi connectivity index (χ0n) is 6.05.